The Bertz CT molecular complexity index is 1480. The quantitative estimate of drug-likeness (QED) is 0.234. The molecule has 0 fully saturated rings. The summed E-state index contributed by atoms with van der Waals surface area (Å²) >= 11 is 0. The van der Waals surface area contributed by atoms with Gasteiger partial charge in [-0.2, -0.15) is 0 Å². The summed E-state index contributed by atoms with van der Waals surface area (Å²) in [7, 11) is 0. The van der Waals surface area contributed by atoms with Gasteiger partial charge in [0.05, 0.1) is 0 Å². The first kappa shape index (κ1) is 31.8. The standard InChI is InChI=1S/C42H54/c1-27-23-32(36(41(9,10)11)25-34(27)39(3,4)5)30-21-18-22-31(38(30)29-19-16-15-17-20-29)33-24-28(2)35(40(6,7)8)26-37(33)42(12,13)14/h15-26H,1-14H3. The summed E-state index contributed by atoms with van der Waals surface area (Å²) in [5.74, 6) is 0. The average Bonchev–Trinajstić information content (AvgIpc) is 2.85. The SMILES string of the molecule is Cc1cc(-c2cccc(-c3cc(C)c(C(C)(C)C)cc3C(C)(C)C)c2-c2ccccc2)c(C(C)(C)C)cc1C(C)(C)C. The van der Waals surface area contributed by atoms with Crippen LogP contribution in [0.5, 0.6) is 0 Å². The normalized spacial score (nSPS) is 13.0. The van der Waals surface area contributed by atoms with Crippen molar-refractivity contribution < 1.29 is 0 Å². The number of hydrogen-bond acceptors (Lipinski definition) is 0. The van der Waals surface area contributed by atoms with Crippen LogP contribution in [-0.2, 0) is 21.7 Å². The molecule has 0 N–H and O–H groups in total. The van der Waals surface area contributed by atoms with Crippen LogP contribution < -0.4 is 0 Å². The third-order valence-corrected chi connectivity index (χ3v) is 8.67. The molecule has 222 valence electrons. The Labute approximate surface area is 257 Å². The van der Waals surface area contributed by atoms with Crippen LogP contribution in [0.2, 0.25) is 0 Å². The van der Waals surface area contributed by atoms with Crippen LogP contribution >= 0.6 is 0 Å². The second-order valence-electron chi connectivity index (χ2n) is 16.5. The van der Waals surface area contributed by atoms with Crippen molar-refractivity contribution in [2.24, 2.45) is 0 Å². The number of hydrogen-bond donors (Lipinski definition) is 0. The first-order chi connectivity index (χ1) is 19.2. The third kappa shape index (κ3) is 6.29. The number of aryl methyl sites for hydroxylation is 2. The van der Waals surface area contributed by atoms with Crippen molar-refractivity contribution in [3.63, 3.8) is 0 Å². The highest BCUT2D eigenvalue weighted by atomic mass is 14.3. The molecule has 0 spiro atoms. The molecule has 0 saturated carbocycles. The lowest BCUT2D eigenvalue weighted by Gasteiger charge is -2.32. The van der Waals surface area contributed by atoms with Crippen LogP contribution in [0.1, 0.15) is 116 Å². The zero-order valence-corrected chi connectivity index (χ0v) is 28.9. The third-order valence-electron chi connectivity index (χ3n) is 8.67. The van der Waals surface area contributed by atoms with Gasteiger partial charge in [0.25, 0.3) is 0 Å². The highest BCUT2D eigenvalue weighted by Crippen LogP contribution is 2.47. The minimum atomic E-state index is -0.00545. The molecule has 0 bridgehead atoms. The molecule has 0 aromatic heterocycles. The number of rotatable bonds is 3. The van der Waals surface area contributed by atoms with E-state index in [0.717, 1.165) is 0 Å². The van der Waals surface area contributed by atoms with E-state index < -0.39 is 0 Å². The lowest BCUT2D eigenvalue weighted by molar-refractivity contribution is 0.566. The van der Waals surface area contributed by atoms with Crippen molar-refractivity contribution in [1.29, 1.82) is 0 Å². The minimum Gasteiger partial charge on any atom is -0.0622 e. The molecule has 0 heteroatoms. The Kier molecular flexibility index (Phi) is 8.22. The van der Waals surface area contributed by atoms with E-state index in [1.807, 2.05) is 0 Å². The Morgan fingerprint density at radius 3 is 1.05 bits per heavy atom. The van der Waals surface area contributed by atoms with E-state index in [0.29, 0.717) is 0 Å². The van der Waals surface area contributed by atoms with Gasteiger partial charge in [0, 0.05) is 0 Å². The fourth-order valence-electron chi connectivity index (χ4n) is 6.64. The molecule has 4 aromatic rings. The molecule has 0 atom stereocenters. The van der Waals surface area contributed by atoms with Gasteiger partial charge in [-0.05, 0) is 102 Å². The predicted octanol–water partition coefficient (Wildman–Crippen LogP) is 12.5. The molecule has 0 radical (unpaired) electrons. The molecule has 0 aliphatic rings. The second kappa shape index (κ2) is 10.9. The molecule has 0 aliphatic carbocycles. The van der Waals surface area contributed by atoms with E-state index in [1.165, 1.54) is 66.8 Å². The molecule has 4 rings (SSSR count). The smallest absolute Gasteiger partial charge is 0.00266 e. The van der Waals surface area contributed by atoms with Gasteiger partial charge in [0.15, 0.2) is 0 Å². The highest BCUT2D eigenvalue weighted by molar-refractivity contribution is 5.96. The summed E-state index contributed by atoms with van der Waals surface area (Å²) in [5, 5.41) is 0. The van der Waals surface area contributed by atoms with E-state index in [4.69, 9.17) is 0 Å². The van der Waals surface area contributed by atoms with Gasteiger partial charge in [-0.3, -0.25) is 0 Å². The zero-order chi connectivity index (χ0) is 31.4. The van der Waals surface area contributed by atoms with Gasteiger partial charge < -0.3 is 0 Å². The van der Waals surface area contributed by atoms with Gasteiger partial charge >= 0.3 is 0 Å². The maximum absolute atomic E-state index is 2.50. The largest absolute Gasteiger partial charge is 0.0622 e. The van der Waals surface area contributed by atoms with Gasteiger partial charge in [0.1, 0.15) is 0 Å². The van der Waals surface area contributed by atoms with Crippen LogP contribution in [-0.4, -0.2) is 0 Å². The zero-order valence-electron chi connectivity index (χ0n) is 28.9. The van der Waals surface area contributed by atoms with Crippen molar-refractivity contribution >= 4 is 0 Å². The van der Waals surface area contributed by atoms with Gasteiger partial charge in [-0.1, -0.05) is 156 Å². The predicted molar refractivity (Wildman–Crippen MR) is 187 cm³/mol. The summed E-state index contributed by atoms with van der Waals surface area (Å²) in [4.78, 5) is 0. The summed E-state index contributed by atoms with van der Waals surface area (Å²) in [6.45, 7) is 32.7. The monoisotopic (exact) mass is 558 g/mol. The molecule has 0 unspecified atom stereocenters. The molecule has 0 amide bonds. The van der Waals surface area contributed by atoms with Gasteiger partial charge in [0.2, 0.25) is 0 Å². The lowest BCUT2D eigenvalue weighted by atomic mass is 9.72. The first-order valence-corrected chi connectivity index (χ1v) is 15.7. The Balaban J connectivity index is 2.18. The topological polar surface area (TPSA) is 0 Å². The Morgan fingerprint density at radius 2 is 0.714 bits per heavy atom. The average molecular weight is 559 g/mol. The van der Waals surface area contributed by atoms with Crippen molar-refractivity contribution in [3.8, 4) is 33.4 Å². The van der Waals surface area contributed by atoms with Gasteiger partial charge in [-0.15, -0.1) is 0 Å². The van der Waals surface area contributed by atoms with Crippen LogP contribution in [0, 0.1) is 13.8 Å². The fraction of sp³-hybridized carbons (Fsp3) is 0.429. The summed E-state index contributed by atoms with van der Waals surface area (Å²) < 4.78 is 0. The van der Waals surface area contributed by atoms with Crippen LogP contribution in [0.25, 0.3) is 33.4 Å². The maximum atomic E-state index is 2.50. The Morgan fingerprint density at radius 1 is 0.357 bits per heavy atom. The molecule has 0 saturated heterocycles. The maximum Gasteiger partial charge on any atom is -0.00266 e. The first-order valence-electron chi connectivity index (χ1n) is 15.7. The summed E-state index contributed by atoms with van der Waals surface area (Å²) in [6.07, 6.45) is 0. The molecular formula is C42H54. The summed E-state index contributed by atoms with van der Waals surface area (Å²) in [6, 6.07) is 27.9. The van der Waals surface area contributed by atoms with Crippen molar-refractivity contribution in [1.82, 2.24) is 0 Å². The summed E-state index contributed by atoms with van der Waals surface area (Å²) in [5.41, 5.74) is 16.4. The van der Waals surface area contributed by atoms with Crippen molar-refractivity contribution in [3.05, 3.63) is 106 Å². The van der Waals surface area contributed by atoms with Crippen molar-refractivity contribution in [2.45, 2.75) is 119 Å². The molecule has 4 aromatic carbocycles. The van der Waals surface area contributed by atoms with E-state index in [1.54, 1.807) is 0 Å². The fourth-order valence-corrected chi connectivity index (χ4v) is 6.64. The second-order valence-corrected chi connectivity index (χ2v) is 16.5. The van der Waals surface area contributed by atoms with Crippen LogP contribution in [0.3, 0.4) is 0 Å². The molecular weight excluding hydrogens is 504 g/mol. The van der Waals surface area contributed by atoms with Crippen LogP contribution in [0.4, 0.5) is 0 Å². The molecule has 0 aliphatic heterocycles. The van der Waals surface area contributed by atoms with E-state index in [9.17, 15) is 0 Å². The molecule has 0 heterocycles. The molecule has 42 heavy (non-hydrogen) atoms. The van der Waals surface area contributed by atoms with Crippen molar-refractivity contribution in [2.75, 3.05) is 0 Å². The number of benzene rings is 4. The van der Waals surface area contributed by atoms with E-state index in [2.05, 4.69) is 170 Å². The van der Waals surface area contributed by atoms with E-state index >= 15 is 0 Å². The van der Waals surface area contributed by atoms with Gasteiger partial charge in [-0.25, -0.2) is 0 Å². The Hall–Kier alpha value is -3.12. The molecule has 0 nitrogen and oxygen atoms in total. The highest BCUT2D eigenvalue weighted by Gasteiger charge is 2.29. The van der Waals surface area contributed by atoms with Crippen LogP contribution in [0.15, 0.2) is 72.8 Å². The van der Waals surface area contributed by atoms with E-state index in [-0.39, 0.29) is 21.7 Å². The lowest BCUT2D eigenvalue weighted by Crippen LogP contribution is -2.19. The minimum absolute atomic E-state index is 0.00545.